The molecule has 0 aliphatic heterocycles. The monoisotopic (exact) mass is 158 g/mol. The summed E-state index contributed by atoms with van der Waals surface area (Å²) in [6, 6.07) is 7.85. The Balaban J connectivity index is 2.68. The van der Waals surface area contributed by atoms with Crippen LogP contribution in [0.25, 0.3) is 0 Å². The zero-order valence-corrected chi connectivity index (χ0v) is 7.01. The number of hydrogen-bond donors (Lipinski definition) is 1. The molecule has 1 rings (SSSR count). The van der Waals surface area contributed by atoms with Gasteiger partial charge in [0.2, 0.25) is 0 Å². The molecule has 0 aromatic heterocycles. The van der Waals surface area contributed by atoms with Crippen LogP contribution in [0.4, 0.5) is 0 Å². The molecule has 0 saturated carbocycles. The van der Waals surface area contributed by atoms with Gasteiger partial charge in [-0.25, -0.2) is 0 Å². The van der Waals surface area contributed by atoms with Crippen molar-refractivity contribution in [2.24, 2.45) is 5.73 Å². The van der Waals surface area contributed by atoms with Crippen LogP contribution in [0.1, 0.15) is 17.5 Å². The molecule has 0 amide bonds. The van der Waals surface area contributed by atoms with E-state index in [-0.39, 0.29) is 0 Å². The molecule has 0 fully saturated rings. The van der Waals surface area contributed by atoms with Crippen LogP contribution >= 0.6 is 0 Å². The summed E-state index contributed by atoms with van der Waals surface area (Å²) in [6.45, 7) is 0.721. The predicted molar refractivity (Wildman–Crippen MR) is 50.1 cm³/mol. The fourth-order valence-electron chi connectivity index (χ4n) is 1.11. The second-order valence-corrected chi connectivity index (χ2v) is 2.72. The maximum absolute atomic E-state index is 6.94. The summed E-state index contributed by atoms with van der Waals surface area (Å²) >= 11 is 0. The second-order valence-electron chi connectivity index (χ2n) is 2.72. The molecule has 2 N–H and O–H groups in total. The molecule has 1 radical (unpaired) electrons. The normalized spacial score (nSPS) is 9.33. The minimum atomic E-state index is 0.721. The molecule has 0 saturated heterocycles. The first-order valence-electron chi connectivity index (χ1n) is 4.08. The van der Waals surface area contributed by atoms with Gasteiger partial charge in [-0.1, -0.05) is 18.1 Å². The van der Waals surface area contributed by atoms with Crippen LogP contribution in [0.2, 0.25) is 0 Å². The Labute approximate surface area is 73.6 Å². The first kappa shape index (κ1) is 8.83. The molecule has 61 valence electrons. The van der Waals surface area contributed by atoms with E-state index < -0.39 is 0 Å². The van der Waals surface area contributed by atoms with Gasteiger partial charge in [0.05, 0.1) is 0 Å². The van der Waals surface area contributed by atoms with E-state index in [1.54, 1.807) is 0 Å². The van der Waals surface area contributed by atoms with Crippen LogP contribution in [-0.4, -0.2) is 6.54 Å². The minimum absolute atomic E-state index is 0.721. The molecule has 0 bridgehead atoms. The quantitative estimate of drug-likeness (QED) is 0.663. The van der Waals surface area contributed by atoms with E-state index in [1.807, 2.05) is 18.2 Å². The highest BCUT2D eigenvalue weighted by Gasteiger charge is 1.92. The minimum Gasteiger partial charge on any atom is -0.330 e. The molecule has 1 aromatic carbocycles. The molecule has 0 aliphatic carbocycles. The van der Waals surface area contributed by atoms with Crippen molar-refractivity contribution in [3.63, 3.8) is 0 Å². The Hall–Kier alpha value is -1.26. The van der Waals surface area contributed by atoms with E-state index >= 15 is 0 Å². The first-order valence-corrected chi connectivity index (χ1v) is 4.08. The Morgan fingerprint density at radius 1 is 1.42 bits per heavy atom. The molecule has 0 spiro atoms. The highest BCUT2D eigenvalue weighted by molar-refractivity contribution is 5.33. The van der Waals surface area contributed by atoms with Crippen molar-refractivity contribution in [2.45, 2.75) is 12.8 Å². The topological polar surface area (TPSA) is 26.0 Å². The van der Waals surface area contributed by atoms with Crippen LogP contribution in [-0.2, 0) is 6.42 Å². The van der Waals surface area contributed by atoms with E-state index in [0.29, 0.717) is 0 Å². The van der Waals surface area contributed by atoms with Crippen molar-refractivity contribution in [3.8, 4) is 5.92 Å². The Morgan fingerprint density at radius 3 is 2.92 bits per heavy atom. The van der Waals surface area contributed by atoms with Gasteiger partial charge >= 0.3 is 0 Å². The summed E-state index contributed by atoms with van der Waals surface area (Å²) in [5, 5.41) is 0. The van der Waals surface area contributed by atoms with Crippen molar-refractivity contribution >= 4 is 0 Å². The van der Waals surface area contributed by atoms with E-state index in [1.165, 1.54) is 5.56 Å². The van der Waals surface area contributed by atoms with Crippen molar-refractivity contribution in [2.75, 3.05) is 6.54 Å². The summed E-state index contributed by atoms with van der Waals surface area (Å²) in [5.74, 6) is 2.36. The van der Waals surface area contributed by atoms with Crippen LogP contribution in [0.5, 0.6) is 0 Å². The molecular formula is C11H12N. The first-order chi connectivity index (χ1) is 5.86. The lowest BCUT2D eigenvalue weighted by molar-refractivity contribution is 0.832. The fourth-order valence-corrected chi connectivity index (χ4v) is 1.11. The van der Waals surface area contributed by atoms with Gasteiger partial charge in [0.15, 0.2) is 0 Å². The van der Waals surface area contributed by atoms with Gasteiger partial charge in [-0.3, -0.25) is 0 Å². The Kier molecular flexibility index (Phi) is 3.37. The van der Waals surface area contributed by atoms with Gasteiger partial charge < -0.3 is 5.73 Å². The smallest absolute Gasteiger partial charge is 0.0258 e. The number of nitrogens with two attached hydrogens (primary N) is 1. The summed E-state index contributed by atoms with van der Waals surface area (Å²) in [6.07, 6.45) is 8.94. The third kappa shape index (κ3) is 2.41. The molecule has 1 aromatic rings. The van der Waals surface area contributed by atoms with Crippen LogP contribution < -0.4 is 5.73 Å². The number of rotatable bonds is 3. The maximum Gasteiger partial charge on any atom is 0.0258 e. The standard InChI is InChI=1S/C11H12N/c1-2-10-5-3-6-11(9-10)7-4-8-12/h3,5-6,9H,4,7-8,12H2. The largest absolute Gasteiger partial charge is 0.330 e. The van der Waals surface area contributed by atoms with Crippen LogP contribution in [0.15, 0.2) is 24.3 Å². The van der Waals surface area contributed by atoms with Crippen LogP contribution in [0.3, 0.4) is 0 Å². The SMILES string of the molecule is [C]#Cc1cccc(CCCN)c1. The van der Waals surface area contributed by atoms with Gasteiger partial charge in [-0.15, -0.1) is 0 Å². The molecule has 0 heterocycles. The predicted octanol–water partition coefficient (Wildman–Crippen LogP) is 1.52. The van der Waals surface area contributed by atoms with E-state index in [4.69, 9.17) is 12.2 Å². The molecule has 1 nitrogen and oxygen atoms in total. The average molecular weight is 158 g/mol. The summed E-state index contributed by atoms with van der Waals surface area (Å²) in [7, 11) is 0. The van der Waals surface area contributed by atoms with Crippen LogP contribution in [0, 0.1) is 12.3 Å². The van der Waals surface area contributed by atoms with Gasteiger partial charge in [0.1, 0.15) is 0 Å². The van der Waals surface area contributed by atoms with E-state index in [9.17, 15) is 0 Å². The van der Waals surface area contributed by atoms with Gasteiger partial charge in [-0.05, 0) is 43.5 Å². The van der Waals surface area contributed by atoms with Gasteiger partial charge in [-0.2, -0.15) is 0 Å². The van der Waals surface area contributed by atoms with Gasteiger partial charge in [0, 0.05) is 5.56 Å². The lowest BCUT2D eigenvalue weighted by Crippen LogP contribution is -2.00. The third-order valence-electron chi connectivity index (χ3n) is 1.74. The van der Waals surface area contributed by atoms with Crippen molar-refractivity contribution < 1.29 is 0 Å². The number of hydrogen-bond acceptors (Lipinski definition) is 1. The summed E-state index contributed by atoms with van der Waals surface area (Å²) in [5.41, 5.74) is 7.47. The van der Waals surface area contributed by atoms with Crippen molar-refractivity contribution in [1.29, 1.82) is 0 Å². The summed E-state index contributed by atoms with van der Waals surface area (Å²) < 4.78 is 0. The number of aryl methyl sites for hydroxylation is 1. The zero-order chi connectivity index (χ0) is 8.81. The maximum atomic E-state index is 6.94. The second kappa shape index (κ2) is 4.58. The molecule has 12 heavy (non-hydrogen) atoms. The highest BCUT2D eigenvalue weighted by Crippen LogP contribution is 2.05. The molecular weight excluding hydrogens is 146 g/mol. The van der Waals surface area contributed by atoms with Crippen molar-refractivity contribution in [1.82, 2.24) is 0 Å². The van der Waals surface area contributed by atoms with Gasteiger partial charge in [0.25, 0.3) is 0 Å². The lowest BCUT2D eigenvalue weighted by Gasteiger charge is -1.99. The summed E-state index contributed by atoms with van der Waals surface area (Å²) in [4.78, 5) is 0. The average Bonchev–Trinajstić information content (AvgIpc) is 2.15. The van der Waals surface area contributed by atoms with Crippen molar-refractivity contribution in [3.05, 3.63) is 41.8 Å². The van der Waals surface area contributed by atoms with E-state index in [2.05, 4.69) is 12.0 Å². The Bertz CT molecular complexity index is 283. The third-order valence-corrected chi connectivity index (χ3v) is 1.74. The Morgan fingerprint density at radius 2 is 2.25 bits per heavy atom. The molecule has 0 unspecified atom stereocenters. The molecule has 0 atom stereocenters. The number of benzene rings is 1. The zero-order valence-electron chi connectivity index (χ0n) is 7.01. The lowest BCUT2D eigenvalue weighted by atomic mass is 10.1. The highest BCUT2D eigenvalue weighted by atomic mass is 14.5. The molecule has 0 aliphatic rings. The van der Waals surface area contributed by atoms with E-state index in [0.717, 1.165) is 24.9 Å². The fraction of sp³-hybridized carbons (Fsp3) is 0.273. The molecule has 1 heteroatoms.